The number of rotatable bonds is 3. The molecule has 0 amide bonds. The van der Waals surface area contributed by atoms with E-state index in [1.807, 2.05) is 12.3 Å². The molecule has 6 heteroatoms. The molecule has 0 radical (unpaired) electrons. The van der Waals surface area contributed by atoms with E-state index in [0.29, 0.717) is 23.9 Å². The highest BCUT2D eigenvalue weighted by Crippen LogP contribution is 2.39. The summed E-state index contributed by atoms with van der Waals surface area (Å²) in [5, 5.41) is 1.90. The third-order valence-corrected chi connectivity index (χ3v) is 8.72. The van der Waals surface area contributed by atoms with E-state index >= 15 is 0 Å². The first-order chi connectivity index (χ1) is 10.0. The fourth-order valence-electron chi connectivity index (χ4n) is 3.84. The summed E-state index contributed by atoms with van der Waals surface area (Å²) in [7, 11) is -3.38. The van der Waals surface area contributed by atoms with Crippen molar-refractivity contribution in [3.8, 4) is 0 Å². The average molecular weight is 348 g/mol. The Balaban J connectivity index is 1.87. The van der Waals surface area contributed by atoms with E-state index < -0.39 is 10.0 Å². The number of fused-ring (bicyclic) bond motifs is 1. The molecule has 1 saturated heterocycles. The van der Waals surface area contributed by atoms with Gasteiger partial charge in [-0.25, -0.2) is 8.42 Å². The number of aryl methyl sites for hydroxylation is 1. The van der Waals surface area contributed by atoms with Crippen molar-refractivity contribution in [2.24, 2.45) is 11.8 Å². The van der Waals surface area contributed by atoms with Crippen LogP contribution >= 0.6 is 22.9 Å². The van der Waals surface area contributed by atoms with Crippen molar-refractivity contribution in [3.63, 3.8) is 0 Å². The van der Waals surface area contributed by atoms with Crippen LogP contribution in [0.4, 0.5) is 0 Å². The summed E-state index contributed by atoms with van der Waals surface area (Å²) in [6, 6.07) is 0. The van der Waals surface area contributed by atoms with Gasteiger partial charge in [-0.3, -0.25) is 0 Å². The van der Waals surface area contributed by atoms with Crippen LogP contribution in [0.5, 0.6) is 0 Å². The highest BCUT2D eigenvalue weighted by atomic mass is 35.5. The van der Waals surface area contributed by atoms with Crippen molar-refractivity contribution >= 4 is 33.0 Å². The summed E-state index contributed by atoms with van der Waals surface area (Å²) >= 11 is 7.38. The van der Waals surface area contributed by atoms with Gasteiger partial charge in [-0.1, -0.05) is 19.3 Å². The van der Waals surface area contributed by atoms with Gasteiger partial charge in [-0.15, -0.1) is 22.9 Å². The Bertz CT molecular complexity index is 611. The monoisotopic (exact) mass is 347 g/mol. The molecule has 118 valence electrons. The molecule has 0 aromatic carbocycles. The predicted molar refractivity (Wildman–Crippen MR) is 87.4 cm³/mol. The maximum absolute atomic E-state index is 13.0. The minimum Gasteiger partial charge on any atom is -0.207 e. The normalized spacial score (nSPS) is 27.5. The molecule has 21 heavy (non-hydrogen) atoms. The molecule has 0 N–H and O–H groups in total. The summed E-state index contributed by atoms with van der Waals surface area (Å²) < 4.78 is 27.7. The zero-order chi connectivity index (χ0) is 15.0. The Labute approximate surface area is 136 Å². The third kappa shape index (κ3) is 2.90. The van der Waals surface area contributed by atoms with E-state index in [9.17, 15) is 8.42 Å². The lowest BCUT2D eigenvalue weighted by atomic mass is 9.76. The van der Waals surface area contributed by atoms with Crippen molar-refractivity contribution in [2.45, 2.75) is 49.8 Å². The maximum atomic E-state index is 13.0. The molecule has 1 aromatic rings. The Kier molecular flexibility index (Phi) is 4.65. The molecule has 1 aliphatic heterocycles. The molecule has 3 rings (SSSR count). The zero-order valence-electron chi connectivity index (χ0n) is 12.3. The Hall–Kier alpha value is -0.100. The summed E-state index contributed by atoms with van der Waals surface area (Å²) in [5.41, 5.74) is 0.835. The standard InChI is InChI=1S/C15H22ClNO2S2/c1-11-10-20-14(8-16)15(11)21(18,19)17-7-6-12-4-2-3-5-13(12)9-17/h10,12-13H,2-9H2,1H3. The zero-order valence-corrected chi connectivity index (χ0v) is 14.7. The van der Waals surface area contributed by atoms with Crippen LogP contribution in [-0.2, 0) is 15.9 Å². The van der Waals surface area contributed by atoms with Crippen molar-refractivity contribution in [1.29, 1.82) is 0 Å². The van der Waals surface area contributed by atoms with Crippen LogP contribution in [0.3, 0.4) is 0 Å². The van der Waals surface area contributed by atoms with Crippen LogP contribution in [0.2, 0.25) is 0 Å². The van der Waals surface area contributed by atoms with Gasteiger partial charge in [0.05, 0.1) is 5.88 Å². The third-order valence-electron chi connectivity index (χ3n) is 4.96. The van der Waals surface area contributed by atoms with Gasteiger partial charge in [-0.05, 0) is 42.5 Å². The van der Waals surface area contributed by atoms with Crippen LogP contribution < -0.4 is 0 Å². The van der Waals surface area contributed by atoms with Crippen LogP contribution in [0.25, 0.3) is 0 Å². The van der Waals surface area contributed by atoms with Gasteiger partial charge in [0.15, 0.2) is 0 Å². The highest BCUT2D eigenvalue weighted by molar-refractivity contribution is 7.89. The van der Waals surface area contributed by atoms with Crippen LogP contribution in [0.15, 0.2) is 10.3 Å². The quantitative estimate of drug-likeness (QED) is 0.775. The minimum absolute atomic E-state index is 0.271. The molecule has 1 aliphatic carbocycles. The average Bonchev–Trinajstić information content (AvgIpc) is 2.88. The van der Waals surface area contributed by atoms with Crippen molar-refractivity contribution in [2.75, 3.05) is 13.1 Å². The largest absolute Gasteiger partial charge is 0.244 e. The Morgan fingerprint density at radius 3 is 2.71 bits per heavy atom. The summed E-state index contributed by atoms with van der Waals surface area (Å²) in [6.45, 7) is 3.23. The lowest BCUT2D eigenvalue weighted by molar-refractivity contribution is 0.136. The molecular formula is C15H22ClNO2S2. The highest BCUT2D eigenvalue weighted by Gasteiger charge is 2.38. The van der Waals surface area contributed by atoms with Gasteiger partial charge in [-0.2, -0.15) is 4.31 Å². The summed E-state index contributed by atoms with van der Waals surface area (Å²) in [4.78, 5) is 1.25. The number of hydrogen-bond donors (Lipinski definition) is 0. The van der Waals surface area contributed by atoms with E-state index in [-0.39, 0.29) is 5.88 Å². The minimum atomic E-state index is -3.38. The number of thiophene rings is 1. The molecule has 2 fully saturated rings. The molecule has 2 aliphatic rings. The van der Waals surface area contributed by atoms with E-state index in [1.165, 1.54) is 37.0 Å². The topological polar surface area (TPSA) is 37.4 Å². The van der Waals surface area contributed by atoms with Crippen molar-refractivity contribution < 1.29 is 8.42 Å². The van der Waals surface area contributed by atoms with E-state index in [2.05, 4.69) is 0 Å². The first kappa shape index (κ1) is 15.8. The first-order valence-corrected chi connectivity index (χ1v) is 10.5. The van der Waals surface area contributed by atoms with Gasteiger partial charge in [0.25, 0.3) is 0 Å². The van der Waals surface area contributed by atoms with Gasteiger partial charge in [0.2, 0.25) is 10.0 Å². The number of alkyl halides is 1. The first-order valence-electron chi connectivity index (χ1n) is 7.67. The molecule has 1 aromatic heterocycles. The van der Waals surface area contributed by atoms with Crippen LogP contribution in [-0.4, -0.2) is 25.8 Å². The summed E-state index contributed by atoms with van der Waals surface area (Å²) in [5.74, 6) is 1.56. The van der Waals surface area contributed by atoms with Crippen LogP contribution in [0.1, 0.15) is 42.5 Å². The second-order valence-electron chi connectivity index (χ2n) is 6.26. The van der Waals surface area contributed by atoms with Gasteiger partial charge in [0, 0.05) is 18.0 Å². The lowest BCUT2D eigenvalue weighted by Crippen LogP contribution is -2.44. The molecular weight excluding hydrogens is 326 g/mol. The number of sulfonamides is 1. The number of halogens is 1. The fraction of sp³-hybridized carbons (Fsp3) is 0.733. The lowest BCUT2D eigenvalue weighted by Gasteiger charge is -2.40. The summed E-state index contributed by atoms with van der Waals surface area (Å²) in [6.07, 6.45) is 6.04. The SMILES string of the molecule is Cc1csc(CCl)c1S(=O)(=O)N1CCC2CCCCC2C1. The van der Waals surface area contributed by atoms with Gasteiger partial charge < -0.3 is 0 Å². The molecule has 0 bridgehead atoms. The Morgan fingerprint density at radius 2 is 2.00 bits per heavy atom. The fourth-order valence-corrected chi connectivity index (χ4v) is 7.36. The second-order valence-corrected chi connectivity index (χ2v) is 9.37. The number of hydrogen-bond acceptors (Lipinski definition) is 3. The van der Waals surface area contributed by atoms with Crippen molar-refractivity contribution in [3.05, 3.63) is 15.8 Å². The predicted octanol–water partition coefficient (Wildman–Crippen LogP) is 4.00. The smallest absolute Gasteiger partial charge is 0.207 e. The molecule has 2 heterocycles. The molecule has 0 spiro atoms. The van der Waals surface area contributed by atoms with E-state index in [4.69, 9.17) is 11.6 Å². The van der Waals surface area contributed by atoms with Gasteiger partial charge in [0.1, 0.15) is 4.90 Å². The van der Waals surface area contributed by atoms with Gasteiger partial charge >= 0.3 is 0 Å². The number of piperidine rings is 1. The molecule has 2 unspecified atom stereocenters. The second kappa shape index (κ2) is 6.19. The maximum Gasteiger partial charge on any atom is 0.244 e. The van der Waals surface area contributed by atoms with E-state index in [0.717, 1.165) is 22.8 Å². The molecule has 2 atom stereocenters. The molecule has 3 nitrogen and oxygen atoms in total. The van der Waals surface area contributed by atoms with Crippen molar-refractivity contribution in [1.82, 2.24) is 4.31 Å². The van der Waals surface area contributed by atoms with E-state index in [1.54, 1.807) is 4.31 Å². The Morgan fingerprint density at radius 1 is 1.29 bits per heavy atom. The van der Waals surface area contributed by atoms with Crippen LogP contribution in [0, 0.1) is 18.8 Å². The number of nitrogens with zero attached hydrogens (tertiary/aromatic N) is 1. The molecule has 1 saturated carbocycles.